The van der Waals surface area contributed by atoms with Gasteiger partial charge in [-0.15, -0.1) is 0 Å². The molecule has 0 bridgehead atoms. The Morgan fingerprint density at radius 2 is 1.79 bits per heavy atom. The first kappa shape index (κ1) is 33.0. The number of nitrogens with one attached hydrogen (secondary N) is 4. The molecule has 0 aromatic carbocycles. The molecular weight excluding hydrogens is 490 g/mol. The molecule has 214 valence electrons. The zero-order valence-corrected chi connectivity index (χ0v) is 23.8. The maximum atomic E-state index is 13.1. The molecule has 1 fully saturated rings. The fourth-order valence-corrected chi connectivity index (χ4v) is 3.94. The summed E-state index contributed by atoms with van der Waals surface area (Å²) in [6.45, 7) is 12.4. The van der Waals surface area contributed by atoms with Gasteiger partial charge in [0.05, 0.1) is 29.2 Å². The van der Waals surface area contributed by atoms with Gasteiger partial charge in [0.1, 0.15) is 12.1 Å². The molecule has 0 saturated carbocycles. The number of hydrazine groups is 1. The molecule has 0 unspecified atom stereocenters. The molecule has 0 aromatic rings. The van der Waals surface area contributed by atoms with Crippen LogP contribution in [0.2, 0.25) is 0 Å². The van der Waals surface area contributed by atoms with Crippen molar-refractivity contribution in [1.29, 1.82) is 5.41 Å². The smallest absolute Gasteiger partial charge is 0.258 e. The predicted molar refractivity (Wildman–Crippen MR) is 143 cm³/mol. The Bertz CT molecular complexity index is 946. The highest BCUT2D eigenvalue weighted by molar-refractivity contribution is 6.02. The van der Waals surface area contributed by atoms with Crippen LogP contribution in [0.4, 0.5) is 0 Å². The summed E-state index contributed by atoms with van der Waals surface area (Å²) in [5.74, 6) is -3.69. The van der Waals surface area contributed by atoms with Crippen molar-refractivity contribution in [1.82, 2.24) is 21.1 Å². The first-order valence-corrected chi connectivity index (χ1v) is 13.0. The highest BCUT2D eigenvalue weighted by Crippen LogP contribution is 2.19. The number of ether oxygens (including phenoxy) is 1. The van der Waals surface area contributed by atoms with Crippen molar-refractivity contribution in [2.75, 3.05) is 13.7 Å². The van der Waals surface area contributed by atoms with Crippen molar-refractivity contribution < 1.29 is 29.0 Å². The van der Waals surface area contributed by atoms with Gasteiger partial charge in [-0.2, -0.15) is 0 Å². The lowest BCUT2D eigenvalue weighted by Gasteiger charge is -2.42. The lowest BCUT2D eigenvalue weighted by atomic mass is 9.94. The summed E-state index contributed by atoms with van der Waals surface area (Å²) in [5.41, 5.74) is 2.67. The number of carbonyl (C=O) groups excluding carboxylic acids is 4. The Balaban J connectivity index is 2.86. The van der Waals surface area contributed by atoms with Gasteiger partial charge in [-0.1, -0.05) is 39.3 Å². The molecule has 1 rings (SSSR count). The van der Waals surface area contributed by atoms with E-state index in [1.54, 1.807) is 39.0 Å². The van der Waals surface area contributed by atoms with E-state index in [1.165, 1.54) is 26.0 Å². The zero-order valence-electron chi connectivity index (χ0n) is 23.8. The van der Waals surface area contributed by atoms with Crippen LogP contribution in [0.5, 0.6) is 0 Å². The third-order valence-electron chi connectivity index (χ3n) is 6.74. The van der Waals surface area contributed by atoms with Crippen molar-refractivity contribution in [2.24, 2.45) is 11.8 Å². The van der Waals surface area contributed by atoms with E-state index in [-0.39, 0.29) is 5.92 Å². The Hall–Kier alpha value is -3.05. The van der Waals surface area contributed by atoms with Gasteiger partial charge in [0.2, 0.25) is 11.8 Å². The Morgan fingerprint density at radius 3 is 2.32 bits per heavy atom. The number of amides is 3. The summed E-state index contributed by atoms with van der Waals surface area (Å²) in [6, 6.07) is -1.88. The first-order valence-electron chi connectivity index (χ1n) is 13.0. The maximum Gasteiger partial charge on any atom is 0.258 e. The van der Waals surface area contributed by atoms with Crippen LogP contribution in [0.1, 0.15) is 67.7 Å². The minimum Gasteiger partial charge on any atom is -0.548 e. The maximum absolute atomic E-state index is 13.1. The van der Waals surface area contributed by atoms with Crippen LogP contribution < -0.4 is 21.2 Å². The summed E-state index contributed by atoms with van der Waals surface area (Å²) in [4.78, 5) is 50.5. The Labute approximate surface area is 225 Å². The zero-order chi connectivity index (χ0) is 29.2. The molecule has 3 amide bonds. The molecule has 5 atom stereocenters. The number of nitrogens with zero attached hydrogens (tertiary/aromatic N) is 1. The minimum absolute atomic E-state index is 0.283. The third-order valence-corrected chi connectivity index (χ3v) is 6.74. The van der Waals surface area contributed by atoms with Crippen LogP contribution in [0.3, 0.4) is 0 Å². The van der Waals surface area contributed by atoms with E-state index in [0.29, 0.717) is 25.1 Å². The lowest BCUT2D eigenvalue weighted by molar-refractivity contribution is -0.316. The van der Waals surface area contributed by atoms with E-state index in [4.69, 9.17) is 10.1 Å². The van der Waals surface area contributed by atoms with E-state index in [2.05, 4.69) is 16.1 Å². The molecule has 1 saturated heterocycles. The van der Waals surface area contributed by atoms with Gasteiger partial charge in [0, 0.05) is 13.7 Å². The molecule has 0 spiro atoms. The summed E-state index contributed by atoms with van der Waals surface area (Å²) >= 11 is 0. The van der Waals surface area contributed by atoms with Crippen LogP contribution in [0.25, 0.3) is 0 Å². The van der Waals surface area contributed by atoms with Gasteiger partial charge in [-0.25, -0.2) is 5.43 Å². The highest BCUT2D eigenvalue weighted by atomic mass is 16.5. The van der Waals surface area contributed by atoms with E-state index >= 15 is 0 Å². The standard InChI is InChI=1S/C27H45N5O6/c1-9-17(4)15-20(28)11-12-21(38-8)18(5)23(33)30-22(16(2)3)24(34)29-19(6)25(35)32-14-10-13-27(7,31-32)26(36)37/h11-12,15-16,18-19,21-22,28,31H,9-10,13-14H2,1-8H3,(H,29,34)(H,30,33)(H,36,37)/p-1/b12-11+,17-15+,28-20?/t18-,19+,21-,22+,27-/m1/s1. The second-order valence-electron chi connectivity index (χ2n) is 10.4. The number of allylic oxidation sites excluding steroid dienone is 3. The van der Waals surface area contributed by atoms with Gasteiger partial charge in [0.15, 0.2) is 0 Å². The van der Waals surface area contributed by atoms with Crippen LogP contribution in [0.15, 0.2) is 23.8 Å². The monoisotopic (exact) mass is 534 g/mol. The SMILES string of the molecule is CC/C(C)=C/C(=N)/C=C/[C@@H](OC)[C@@H](C)C(=O)N[C@H](C(=O)N[C@@H](C)C(=O)N1CCC[C@](C)(C(=O)[O-])N1)C(C)C. The molecule has 11 nitrogen and oxygen atoms in total. The lowest BCUT2D eigenvalue weighted by Crippen LogP contribution is -2.67. The van der Waals surface area contributed by atoms with Gasteiger partial charge in [-0.05, 0) is 58.1 Å². The van der Waals surface area contributed by atoms with Gasteiger partial charge < -0.3 is 30.7 Å². The molecule has 1 heterocycles. The number of rotatable bonds is 13. The van der Waals surface area contributed by atoms with Gasteiger partial charge >= 0.3 is 0 Å². The minimum atomic E-state index is -1.38. The van der Waals surface area contributed by atoms with E-state index in [9.17, 15) is 24.3 Å². The first-order chi connectivity index (χ1) is 17.7. The third kappa shape index (κ3) is 9.36. The number of hydrogen-bond acceptors (Lipinski definition) is 8. The number of carboxylic acid groups (broad SMARTS) is 1. The Kier molecular flexibility index (Phi) is 12.8. The molecule has 0 aromatic heterocycles. The Morgan fingerprint density at radius 1 is 1.16 bits per heavy atom. The number of carboxylic acids is 1. The number of hydrogen-bond donors (Lipinski definition) is 4. The second kappa shape index (κ2) is 14.8. The molecule has 1 aliphatic rings. The van der Waals surface area contributed by atoms with E-state index in [0.717, 1.165) is 12.0 Å². The largest absolute Gasteiger partial charge is 0.548 e. The van der Waals surface area contributed by atoms with Gasteiger partial charge in [0.25, 0.3) is 5.91 Å². The number of methoxy groups -OCH3 is 1. The van der Waals surface area contributed by atoms with Crippen molar-refractivity contribution in [3.63, 3.8) is 0 Å². The number of carbonyl (C=O) groups is 4. The molecule has 0 aliphatic carbocycles. The van der Waals surface area contributed by atoms with Crippen molar-refractivity contribution >= 4 is 29.4 Å². The molecule has 38 heavy (non-hydrogen) atoms. The summed E-state index contributed by atoms with van der Waals surface area (Å²) in [7, 11) is 1.47. The van der Waals surface area contributed by atoms with E-state index in [1.807, 2.05) is 13.8 Å². The average molecular weight is 535 g/mol. The summed E-state index contributed by atoms with van der Waals surface area (Å²) < 4.78 is 5.45. The van der Waals surface area contributed by atoms with Crippen molar-refractivity contribution in [3.8, 4) is 0 Å². The number of aliphatic carboxylic acids is 1. The molecule has 4 N–H and O–H groups in total. The van der Waals surface area contributed by atoms with Crippen LogP contribution in [-0.2, 0) is 23.9 Å². The predicted octanol–water partition coefficient (Wildman–Crippen LogP) is 0.851. The van der Waals surface area contributed by atoms with Crippen LogP contribution in [-0.4, -0.2) is 71.8 Å². The van der Waals surface area contributed by atoms with E-state index < -0.39 is 53.3 Å². The van der Waals surface area contributed by atoms with Crippen molar-refractivity contribution in [3.05, 3.63) is 23.8 Å². The fraction of sp³-hybridized carbons (Fsp3) is 0.667. The molecule has 11 heteroatoms. The topological polar surface area (TPSA) is 164 Å². The fourth-order valence-electron chi connectivity index (χ4n) is 3.94. The van der Waals surface area contributed by atoms with Crippen LogP contribution >= 0.6 is 0 Å². The van der Waals surface area contributed by atoms with Gasteiger partial charge in [-0.3, -0.25) is 19.4 Å². The quantitative estimate of drug-likeness (QED) is 0.254. The second-order valence-corrected chi connectivity index (χ2v) is 10.4. The van der Waals surface area contributed by atoms with Crippen LogP contribution in [0, 0.1) is 17.2 Å². The normalized spacial score (nSPS) is 21.5. The summed E-state index contributed by atoms with van der Waals surface area (Å²) in [6.07, 6.45) is 5.96. The highest BCUT2D eigenvalue weighted by Gasteiger charge is 2.36. The molecule has 1 aliphatic heterocycles. The molecule has 0 radical (unpaired) electrons. The average Bonchev–Trinajstić information content (AvgIpc) is 2.86. The van der Waals surface area contributed by atoms with Crippen molar-refractivity contribution in [2.45, 2.75) is 91.5 Å². The molecular formula is C27H44N5O6-. The summed E-state index contributed by atoms with van der Waals surface area (Å²) in [5, 5.41) is 26.1.